The number of rotatable bonds is 4. The first kappa shape index (κ1) is 19.3. The number of allylic oxidation sites excluding steroid dienone is 1. The van der Waals surface area contributed by atoms with Crippen LogP contribution in [0, 0.1) is 18.3 Å². The Bertz CT molecular complexity index is 1240. The van der Waals surface area contributed by atoms with E-state index in [9.17, 15) is 10.1 Å². The van der Waals surface area contributed by atoms with Crippen LogP contribution in [0.1, 0.15) is 28.4 Å². The van der Waals surface area contributed by atoms with Gasteiger partial charge in [-0.25, -0.2) is 0 Å². The molecule has 0 radical (unpaired) electrons. The highest BCUT2D eigenvalue weighted by atomic mass is 16.5. The fraction of sp³-hybridized carbons (Fsp3) is 0.174. The maximum absolute atomic E-state index is 13.6. The molecule has 0 unspecified atom stereocenters. The maximum Gasteiger partial charge on any atom is 0.259 e. The van der Waals surface area contributed by atoms with Crippen LogP contribution in [0.4, 0.5) is 0 Å². The van der Waals surface area contributed by atoms with E-state index in [4.69, 9.17) is 15.2 Å². The number of pyridine rings is 2. The van der Waals surface area contributed by atoms with Crippen LogP contribution in [0.3, 0.4) is 0 Å². The van der Waals surface area contributed by atoms with Crippen molar-refractivity contribution >= 4 is 0 Å². The molecule has 0 amide bonds. The lowest BCUT2D eigenvalue weighted by molar-refractivity contribution is 0.382. The van der Waals surface area contributed by atoms with E-state index in [-0.39, 0.29) is 17.0 Å². The van der Waals surface area contributed by atoms with Crippen LogP contribution in [0.15, 0.2) is 71.0 Å². The number of nitrogens with zero attached hydrogens (tertiary/aromatic N) is 3. The third kappa shape index (κ3) is 3.18. The van der Waals surface area contributed by atoms with Crippen LogP contribution in [0.2, 0.25) is 0 Å². The van der Waals surface area contributed by atoms with Gasteiger partial charge in [0.1, 0.15) is 23.1 Å². The van der Waals surface area contributed by atoms with Gasteiger partial charge in [0.25, 0.3) is 5.56 Å². The molecule has 1 atom stereocenters. The molecule has 0 spiro atoms. The Morgan fingerprint density at radius 3 is 2.73 bits per heavy atom. The summed E-state index contributed by atoms with van der Waals surface area (Å²) in [6.45, 7) is 2.13. The minimum absolute atomic E-state index is 0.0119. The van der Waals surface area contributed by atoms with E-state index in [0.717, 1.165) is 5.69 Å². The summed E-state index contributed by atoms with van der Waals surface area (Å²) >= 11 is 0. The van der Waals surface area contributed by atoms with E-state index in [0.29, 0.717) is 34.9 Å². The lowest BCUT2D eigenvalue weighted by Gasteiger charge is -2.28. The van der Waals surface area contributed by atoms with E-state index < -0.39 is 5.92 Å². The van der Waals surface area contributed by atoms with Crippen LogP contribution >= 0.6 is 0 Å². The number of benzene rings is 1. The second-order valence-corrected chi connectivity index (χ2v) is 6.94. The number of nitrogens with two attached hydrogens (primary N) is 1. The van der Waals surface area contributed by atoms with Crippen molar-refractivity contribution in [2.75, 3.05) is 7.11 Å². The molecule has 2 N–H and O–H groups in total. The summed E-state index contributed by atoms with van der Waals surface area (Å²) in [4.78, 5) is 18.0. The van der Waals surface area contributed by atoms with Crippen molar-refractivity contribution in [1.82, 2.24) is 9.55 Å². The number of hydrogen-bond donors (Lipinski definition) is 1. The van der Waals surface area contributed by atoms with Gasteiger partial charge in [-0.3, -0.25) is 9.78 Å². The van der Waals surface area contributed by atoms with Gasteiger partial charge in [-0.15, -0.1) is 0 Å². The molecule has 0 bridgehead atoms. The Morgan fingerprint density at radius 2 is 2.03 bits per heavy atom. The Balaban J connectivity index is 1.96. The number of hydrogen-bond acceptors (Lipinski definition) is 6. The van der Waals surface area contributed by atoms with Gasteiger partial charge >= 0.3 is 0 Å². The van der Waals surface area contributed by atoms with Crippen LogP contribution in [0.25, 0.3) is 0 Å². The Labute approximate surface area is 173 Å². The number of para-hydroxylation sites is 1. The molecule has 7 heteroatoms. The second kappa shape index (κ2) is 7.76. The van der Waals surface area contributed by atoms with Gasteiger partial charge in [-0.05, 0) is 25.1 Å². The summed E-state index contributed by atoms with van der Waals surface area (Å²) in [5.41, 5.74) is 8.47. The van der Waals surface area contributed by atoms with Crippen molar-refractivity contribution in [3.63, 3.8) is 0 Å². The maximum atomic E-state index is 13.6. The molecular weight excluding hydrogens is 380 g/mol. The molecule has 4 rings (SSSR count). The topological polar surface area (TPSA) is 103 Å². The molecule has 1 aliphatic rings. The van der Waals surface area contributed by atoms with Gasteiger partial charge in [0.2, 0.25) is 5.88 Å². The van der Waals surface area contributed by atoms with E-state index in [2.05, 4.69) is 11.1 Å². The number of aryl methyl sites for hydroxylation is 1. The van der Waals surface area contributed by atoms with E-state index in [1.165, 1.54) is 0 Å². The van der Waals surface area contributed by atoms with Crippen LogP contribution < -0.4 is 20.8 Å². The van der Waals surface area contributed by atoms with Crippen molar-refractivity contribution in [2.24, 2.45) is 5.73 Å². The number of ether oxygens (including phenoxy) is 2. The molecule has 0 saturated heterocycles. The molecule has 150 valence electrons. The van der Waals surface area contributed by atoms with Crippen LogP contribution in [-0.2, 0) is 6.54 Å². The van der Waals surface area contributed by atoms with E-state index in [1.54, 1.807) is 30.0 Å². The quantitative estimate of drug-likeness (QED) is 0.722. The highest BCUT2D eigenvalue weighted by Crippen LogP contribution is 2.43. The Morgan fingerprint density at radius 1 is 1.27 bits per heavy atom. The molecule has 0 aliphatic carbocycles. The van der Waals surface area contributed by atoms with Crippen molar-refractivity contribution in [2.45, 2.75) is 19.4 Å². The van der Waals surface area contributed by atoms with Gasteiger partial charge in [0.15, 0.2) is 0 Å². The minimum atomic E-state index is -0.696. The SMILES string of the molecule is COc1ccccc1[C@H]1C(C#N)=C(N)Oc2cc(C)n(Cc3ccccn3)c(=O)c21. The van der Waals surface area contributed by atoms with Gasteiger partial charge in [-0.1, -0.05) is 24.3 Å². The van der Waals surface area contributed by atoms with Gasteiger partial charge in [0, 0.05) is 23.5 Å². The zero-order chi connectivity index (χ0) is 21.3. The molecule has 30 heavy (non-hydrogen) atoms. The summed E-state index contributed by atoms with van der Waals surface area (Å²) in [6.07, 6.45) is 1.69. The molecular formula is C23H20N4O3. The predicted octanol–water partition coefficient (Wildman–Crippen LogP) is 2.83. The van der Waals surface area contributed by atoms with Crippen LogP contribution in [0.5, 0.6) is 11.5 Å². The smallest absolute Gasteiger partial charge is 0.259 e. The lowest BCUT2D eigenvalue weighted by Crippen LogP contribution is -2.33. The molecule has 2 aromatic heterocycles. The fourth-order valence-electron chi connectivity index (χ4n) is 3.75. The largest absolute Gasteiger partial charge is 0.496 e. The van der Waals surface area contributed by atoms with Gasteiger partial charge in [-0.2, -0.15) is 5.26 Å². The molecule has 7 nitrogen and oxygen atoms in total. The van der Waals surface area contributed by atoms with E-state index in [1.807, 2.05) is 43.3 Å². The van der Waals surface area contributed by atoms with Crippen molar-refractivity contribution in [3.05, 3.63) is 99.1 Å². The Kier molecular flexibility index (Phi) is 4.98. The summed E-state index contributed by atoms with van der Waals surface area (Å²) in [5, 5.41) is 9.80. The summed E-state index contributed by atoms with van der Waals surface area (Å²) in [6, 6.07) is 16.7. The monoisotopic (exact) mass is 400 g/mol. The molecule has 1 aliphatic heterocycles. The molecule has 0 saturated carbocycles. The normalized spacial score (nSPS) is 15.2. The van der Waals surface area contributed by atoms with Crippen LogP contribution in [-0.4, -0.2) is 16.7 Å². The first-order valence-corrected chi connectivity index (χ1v) is 9.40. The van der Waals surface area contributed by atoms with Gasteiger partial charge < -0.3 is 19.8 Å². The third-order valence-corrected chi connectivity index (χ3v) is 5.19. The minimum Gasteiger partial charge on any atom is -0.496 e. The summed E-state index contributed by atoms with van der Waals surface area (Å²) in [5.74, 6) is 0.203. The molecule has 3 heterocycles. The van der Waals surface area contributed by atoms with Crippen molar-refractivity contribution in [3.8, 4) is 17.6 Å². The summed E-state index contributed by atoms with van der Waals surface area (Å²) < 4.78 is 12.8. The first-order chi connectivity index (χ1) is 14.5. The molecule has 0 fully saturated rings. The lowest BCUT2D eigenvalue weighted by atomic mass is 9.83. The third-order valence-electron chi connectivity index (χ3n) is 5.19. The fourth-order valence-corrected chi connectivity index (χ4v) is 3.75. The first-order valence-electron chi connectivity index (χ1n) is 9.40. The predicted molar refractivity (Wildman–Crippen MR) is 111 cm³/mol. The molecule has 3 aromatic rings. The number of aromatic nitrogens is 2. The average molecular weight is 400 g/mol. The molecule has 1 aromatic carbocycles. The Hall–Kier alpha value is -4.05. The van der Waals surface area contributed by atoms with E-state index >= 15 is 0 Å². The van der Waals surface area contributed by atoms with Gasteiger partial charge in [0.05, 0.1) is 30.8 Å². The number of fused-ring (bicyclic) bond motifs is 1. The highest BCUT2D eigenvalue weighted by molar-refractivity contribution is 5.58. The average Bonchev–Trinajstić information content (AvgIpc) is 2.76. The summed E-state index contributed by atoms with van der Waals surface area (Å²) in [7, 11) is 1.55. The zero-order valence-electron chi connectivity index (χ0n) is 16.6. The number of nitriles is 1. The number of methoxy groups -OCH3 is 1. The zero-order valence-corrected chi connectivity index (χ0v) is 16.6. The highest BCUT2D eigenvalue weighted by Gasteiger charge is 2.35. The van der Waals surface area contributed by atoms with Crippen molar-refractivity contribution < 1.29 is 9.47 Å². The standard InChI is InChI=1S/C23H20N4O3/c1-14-11-19-21(23(28)27(14)13-15-7-5-6-10-26-15)20(17(12-24)22(25)30-19)16-8-3-4-9-18(16)29-2/h3-11,20H,13,25H2,1-2H3/t20-/m0/s1. The van der Waals surface area contributed by atoms with Crippen molar-refractivity contribution in [1.29, 1.82) is 5.26 Å². The second-order valence-electron chi connectivity index (χ2n) is 6.94.